The van der Waals surface area contributed by atoms with Crippen molar-refractivity contribution in [2.24, 2.45) is 0 Å². The maximum absolute atomic E-state index is 11.8. The molecule has 1 atom stereocenters. The third-order valence-electron chi connectivity index (χ3n) is 3.09. The molecule has 0 spiro atoms. The number of carboxylic acids is 1. The van der Waals surface area contributed by atoms with Crippen molar-refractivity contribution in [3.63, 3.8) is 0 Å². The molecule has 1 heterocycles. The van der Waals surface area contributed by atoms with Crippen LogP contribution in [0.2, 0.25) is 0 Å². The number of amides is 2. The molecule has 104 valence electrons. The van der Waals surface area contributed by atoms with Crippen molar-refractivity contribution in [3.05, 3.63) is 0 Å². The number of hydrogen-bond donors (Lipinski definition) is 2. The van der Waals surface area contributed by atoms with Gasteiger partial charge in [0.15, 0.2) is 0 Å². The van der Waals surface area contributed by atoms with Gasteiger partial charge in [-0.05, 0) is 19.3 Å². The van der Waals surface area contributed by atoms with E-state index in [1.165, 1.54) is 0 Å². The second-order valence-electron chi connectivity index (χ2n) is 4.39. The molecule has 6 nitrogen and oxygen atoms in total. The molecule has 0 radical (unpaired) electrons. The van der Waals surface area contributed by atoms with Crippen LogP contribution >= 0.6 is 0 Å². The fourth-order valence-corrected chi connectivity index (χ4v) is 2.12. The van der Waals surface area contributed by atoms with E-state index in [0.717, 1.165) is 25.8 Å². The molecule has 0 aromatic heterocycles. The Hall–Kier alpha value is -1.30. The van der Waals surface area contributed by atoms with E-state index in [2.05, 4.69) is 12.2 Å². The van der Waals surface area contributed by atoms with Crippen molar-refractivity contribution in [2.45, 2.75) is 38.6 Å². The number of hydrogen-bond acceptors (Lipinski definition) is 3. The van der Waals surface area contributed by atoms with Gasteiger partial charge >= 0.3 is 12.0 Å². The predicted molar refractivity (Wildman–Crippen MR) is 66.5 cm³/mol. The Labute approximate surface area is 107 Å². The van der Waals surface area contributed by atoms with Crippen molar-refractivity contribution in [2.75, 3.05) is 26.3 Å². The molecule has 1 saturated heterocycles. The Morgan fingerprint density at radius 3 is 2.89 bits per heavy atom. The first-order valence-electron chi connectivity index (χ1n) is 6.49. The molecule has 0 aromatic carbocycles. The Morgan fingerprint density at radius 1 is 1.44 bits per heavy atom. The number of nitrogens with zero attached hydrogens (tertiary/aromatic N) is 1. The van der Waals surface area contributed by atoms with Gasteiger partial charge in [-0.2, -0.15) is 0 Å². The van der Waals surface area contributed by atoms with Crippen LogP contribution in [0.4, 0.5) is 4.79 Å². The first-order chi connectivity index (χ1) is 8.65. The fraction of sp³-hybridized carbons (Fsp3) is 0.833. The number of carbonyl (C=O) groups excluding carboxylic acids is 1. The lowest BCUT2D eigenvalue weighted by molar-refractivity contribution is -0.138. The molecule has 1 rings (SSSR count). The van der Waals surface area contributed by atoms with Gasteiger partial charge in [-0.3, -0.25) is 4.79 Å². The molecule has 2 amide bonds. The number of nitrogens with one attached hydrogen (secondary N) is 1. The molecule has 6 heteroatoms. The summed E-state index contributed by atoms with van der Waals surface area (Å²) in [7, 11) is 0. The molecule has 1 fully saturated rings. The van der Waals surface area contributed by atoms with Crippen LogP contribution in [-0.4, -0.2) is 54.4 Å². The predicted octanol–water partition coefficient (Wildman–Crippen LogP) is 1.06. The zero-order valence-electron chi connectivity index (χ0n) is 10.9. The zero-order chi connectivity index (χ0) is 13.4. The maximum Gasteiger partial charge on any atom is 0.317 e. The highest BCUT2D eigenvalue weighted by Gasteiger charge is 2.26. The molecular weight excluding hydrogens is 236 g/mol. The summed E-state index contributed by atoms with van der Waals surface area (Å²) < 4.78 is 5.10. The number of carboxylic acid groups (broad SMARTS) is 1. The summed E-state index contributed by atoms with van der Waals surface area (Å²) in [5, 5.41) is 11.2. The van der Waals surface area contributed by atoms with E-state index in [0.29, 0.717) is 19.2 Å². The minimum atomic E-state index is -0.873. The molecule has 0 bridgehead atoms. The van der Waals surface area contributed by atoms with Gasteiger partial charge in [0.1, 0.15) is 0 Å². The van der Waals surface area contributed by atoms with E-state index in [1.54, 1.807) is 0 Å². The lowest BCUT2D eigenvalue weighted by Gasteiger charge is -2.23. The second-order valence-corrected chi connectivity index (χ2v) is 4.39. The fourth-order valence-electron chi connectivity index (χ4n) is 2.12. The Kier molecular flexibility index (Phi) is 6.49. The quantitative estimate of drug-likeness (QED) is 0.669. The third kappa shape index (κ3) is 4.91. The van der Waals surface area contributed by atoms with E-state index in [1.807, 2.05) is 4.90 Å². The molecule has 18 heavy (non-hydrogen) atoms. The highest BCUT2D eigenvalue weighted by Crippen LogP contribution is 2.19. The zero-order valence-corrected chi connectivity index (χ0v) is 10.9. The van der Waals surface area contributed by atoms with Crippen LogP contribution in [0, 0.1) is 0 Å². The van der Waals surface area contributed by atoms with E-state index in [4.69, 9.17) is 9.84 Å². The SMILES string of the molecule is CCC1CCCN1C(=O)NCCOCCC(=O)O. The lowest BCUT2D eigenvalue weighted by atomic mass is 10.2. The summed E-state index contributed by atoms with van der Waals surface area (Å²) in [6.07, 6.45) is 3.14. The third-order valence-corrected chi connectivity index (χ3v) is 3.09. The summed E-state index contributed by atoms with van der Waals surface area (Å²) in [6.45, 7) is 3.87. The minimum absolute atomic E-state index is 0.00200. The van der Waals surface area contributed by atoms with Gasteiger partial charge in [-0.25, -0.2) is 4.79 Å². The van der Waals surface area contributed by atoms with Gasteiger partial charge < -0.3 is 20.1 Å². The number of urea groups is 1. The summed E-state index contributed by atoms with van der Waals surface area (Å²) in [4.78, 5) is 23.9. The van der Waals surface area contributed by atoms with E-state index < -0.39 is 5.97 Å². The van der Waals surface area contributed by atoms with Crippen LogP contribution in [0.5, 0.6) is 0 Å². The van der Waals surface area contributed by atoms with Crippen molar-refractivity contribution < 1.29 is 19.4 Å². The summed E-state index contributed by atoms with van der Waals surface area (Å²) in [5.74, 6) is -0.873. The Bertz CT molecular complexity index is 283. The largest absolute Gasteiger partial charge is 0.481 e. The van der Waals surface area contributed by atoms with Crippen LogP contribution in [0.15, 0.2) is 0 Å². The molecule has 0 saturated carbocycles. The van der Waals surface area contributed by atoms with Gasteiger partial charge in [0.05, 0.1) is 19.6 Å². The first kappa shape index (κ1) is 14.8. The Balaban J connectivity index is 2.08. The maximum atomic E-state index is 11.8. The standard InChI is InChI=1S/C12H22N2O4/c1-2-10-4-3-7-14(10)12(17)13-6-9-18-8-5-11(15)16/h10H,2-9H2,1H3,(H,13,17)(H,15,16). The summed E-state index contributed by atoms with van der Waals surface area (Å²) in [5.41, 5.74) is 0. The number of likely N-dealkylation sites (tertiary alicyclic amines) is 1. The molecule has 1 unspecified atom stereocenters. The number of aliphatic carboxylic acids is 1. The van der Waals surface area contributed by atoms with Crippen molar-refractivity contribution >= 4 is 12.0 Å². The smallest absolute Gasteiger partial charge is 0.317 e. The minimum Gasteiger partial charge on any atom is -0.481 e. The second kappa shape index (κ2) is 7.92. The van der Waals surface area contributed by atoms with Gasteiger partial charge in [0.25, 0.3) is 0 Å². The van der Waals surface area contributed by atoms with Crippen molar-refractivity contribution in [1.29, 1.82) is 0 Å². The number of carbonyl (C=O) groups is 2. The lowest BCUT2D eigenvalue weighted by Crippen LogP contribution is -2.43. The molecule has 0 aliphatic carbocycles. The van der Waals surface area contributed by atoms with Crippen LogP contribution in [0.3, 0.4) is 0 Å². The highest BCUT2D eigenvalue weighted by molar-refractivity contribution is 5.74. The van der Waals surface area contributed by atoms with Gasteiger partial charge in [0.2, 0.25) is 0 Å². The first-order valence-corrected chi connectivity index (χ1v) is 6.49. The normalized spacial score (nSPS) is 18.9. The molecular formula is C12H22N2O4. The average molecular weight is 258 g/mol. The van der Waals surface area contributed by atoms with Crippen LogP contribution in [-0.2, 0) is 9.53 Å². The average Bonchev–Trinajstić information content (AvgIpc) is 2.81. The van der Waals surface area contributed by atoms with Crippen molar-refractivity contribution in [1.82, 2.24) is 10.2 Å². The summed E-state index contributed by atoms with van der Waals surface area (Å²) in [6, 6.07) is 0.319. The molecule has 0 aromatic rings. The van der Waals surface area contributed by atoms with Crippen LogP contribution in [0.1, 0.15) is 32.6 Å². The van der Waals surface area contributed by atoms with Gasteiger partial charge in [0, 0.05) is 19.1 Å². The van der Waals surface area contributed by atoms with E-state index >= 15 is 0 Å². The molecule has 1 aliphatic heterocycles. The van der Waals surface area contributed by atoms with Gasteiger partial charge in [-0.1, -0.05) is 6.92 Å². The Morgan fingerprint density at radius 2 is 2.22 bits per heavy atom. The number of ether oxygens (including phenoxy) is 1. The van der Waals surface area contributed by atoms with Gasteiger partial charge in [-0.15, -0.1) is 0 Å². The van der Waals surface area contributed by atoms with E-state index in [-0.39, 0.29) is 19.1 Å². The summed E-state index contributed by atoms with van der Waals surface area (Å²) >= 11 is 0. The molecule has 2 N–H and O–H groups in total. The van der Waals surface area contributed by atoms with E-state index in [9.17, 15) is 9.59 Å². The molecule has 1 aliphatic rings. The number of rotatable bonds is 7. The van der Waals surface area contributed by atoms with Crippen LogP contribution < -0.4 is 5.32 Å². The highest BCUT2D eigenvalue weighted by atomic mass is 16.5. The van der Waals surface area contributed by atoms with Crippen molar-refractivity contribution in [3.8, 4) is 0 Å². The van der Waals surface area contributed by atoms with Crippen LogP contribution in [0.25, 0.3) is 0 Å². The topological polar surface area (TPSA) is 78.9 Å². The monoisotopic (exact) mass is 258 g/mol.